The van der Waals surface area contributed by atoms with E-state index in [1.807, 2.05) is 0 Å². The molecule has 0 fully saturated rings. The van der Waals surface area contributed by atoms with Gasteiger partial charge in [-0.3, -0.25) is 0 Å². The Morgan fingerprint density at radius 1 is 0.294 bits per heavy atom. The number of nitrogens with zero attached hydrogens (tertiary/aromatic N) is 2. The maximum Gasteiger partial charge on any atom is 0.0490 e. The van der Waals surface area contributed by atoms with E-state index in [2.05, 4.69) is 308 Å². The summed E-state index contributed by atoms with van der Waals surface area (Å²) in [7, 11) is 0. The Bertz CT molecular complexity index is 2810. The van der Waals surface area contributed by atoms with E-state index in [-0.39, 0.29) is 10.8 Å². The average molecular weight is 885 g/mol. The van der Waals surface area contributed by atoms with Crippen molar-refractivity contribution in [2.24, 2.45) is 0 Å². The van der Waals surface area contributed by atoms with Crippen molar-refractivity contribution in [1.82, 2.24) is 0 Å². The van der Waals surface area contributed by atoms with Crippen LogP contribution < -0.4 is 9.80 Å². The molecule has 0 spiro atoms. The molecule has 0 heterocycles. The first kappa shape index (κ1) is 46.8. The number of para-hydroxylation sites is 2. The van der Waals surface area contributed by atoms with Crippen molar-refractivity contribution in [2.75, 3.05) is 9.80 Å². The highest BCUT2D eigenvalue weighted by Crippen LogP contribution is 2.40. The van der Waals surface area contributed by atoms with Crippen molar-refractivity contribution < 1.29 is 0 Å². The molecule has 0 aliphatic rings. The van der Waals surface area contributed by atoms with E-state index in [4.69, 9.17) is 0 Å². The van der Waals surface area contributed by atoms with Gasteiger partial charge in [0.05, 0.1) is 0 Å². The Hall–Kier alpha value is -7.68. The lowest BCUT2D eigenvalue weighted by molar-refractivity contribution is 0.590. The number of allylic oxidation sites excluding steroid dienone is 4. The van der Waals surface area contributed by atoms with E-state index in [1.54, 1.807) is 0 Å². The summed E-state index contributed by atoms with van der Waals surface area (Å²) in [6.07, 6.45) is 17.1. The fourth-order valence-electron chi connectivity index (χ4n) is 8.41. The smallest absolute Gasteiger partial charge is 0.0490 e. The second-order valence-corrected chi connectivity index (χ2v) is 19.7. The number of hydrogen-bond acceptors (Lipinski definition) is 2. The van der Waals surface area contributed by atoms with Crippen LogP contribution >= 0.6 is 0 Å². The van der Waals surface area contributed by atoms with Crippen LogP contribution in [-0.2, 0) is 10.8 Å². The van der Waals surface area contributed by atoms with Crippen LogP contribution in [0.15, 0.2) is 218 Å². The van der Waals surface area contributed by atoms with Crippen LogP contribution in [0, 0.1) is 13.8 Å². The summed E-state index contributed by atoms with van der Waals surface area (Å²) >= 11 is 0. The minimum Gasteiger partial charge on any atom is -0.310 e. The quantitative estimate of drug-likeness (QED) is 0.106. The van der Waals surface area contributed by atoms with Gasteiger partial charge in [-0.2, -0.15) is 0 Å². The minimum absolute atomic E-state index is 0.153. The van der Waals surface area contributed by atoms with Crippen molar-refractivity contribution in [3.8, 4) is 11.1 Å². The molecular weight excluding hydrogens is 821 g/mol. The predicted molar refractivity (Wildman–Crippen MR) is 297 cm³/mol. The fourth-order valence-corrected chi connectivity index (χ4v) is 8.41. The van der Waals surface area contributed by atoms with Crippen LogP contribution in [-0.4, -0.2) is 0 Å². The van der Waals surface area contributed by atoms with E-state index in [0.717, 1.165) is 45.3 Å². The molecule has 8 aromatic rings. The lowest BCUT2D eigenvalue weighted by Gasteiger charge is -2.28. The van der Waals surface area contributed by atoms with Crippen molar-refractivity contribution in [1.29, 1.82) is 0 Å². The maximum absolute atomic E-state index is 2.35. The number of hydrogen-bond donors (Lipinski definition) is 0. The molecule has 0 aromatic heterocycles. The molecule has 68 heavy (non-hydrogen) atoms. The zero-order valence-electron chi connectivity index (χ0n) is 41.0. The van der Waals surface area contributed by atoms with Gasteiger partial charge in [-0.15, -0.1) is 0 Å². The summed E-state index contributed by atoms with van der Waals surface area (Å²) in [5.41, 5.74) is 19.2. The molecule has 0 saturated carbocycles. The SMILES string of the molecule is Cc1ccccc1N(c1ccc(/C=C/C=C/c2ccc(C(C)(C)C)cc2)cc1)c1ccc(-c2ccc(N(c3ccc(/C=C/C=C/c4ccc(C(C)(C)C)cc4)cc3)c3ccccc3C)cc2)cc1. The third kappa shape index (κ3) is 11.6. The van der Waals surface area contributed by atoms with Gasteiger partial charge in [-0.05, 0) is 141 Å². The molecule has 0 radical (unpaired) electrons. The molecule has 0 N–H and O–H groups in total. The average Bonchev–Trinajstić information content (AvgIpc) is 3.34. The van der Waals surface area contributed by atoms with E-state index < -0.39 is 0 Å². The standard InChI is InChI=1S/C66H64N2/c1-49-17-9-15-23-63(49)67(59-41-29-53(30-42-59)21-13-11-19-51-25-37-57(38-26-51)65(3,4)5)61-45-33-55(34-46-61)56-35-47-62(48-36-56)68(64-24-16-10-18-50(64)2)60-43-31-54(32-44-60)22-14-12-20-52-27-39-58(40-28-52)66(6,7)8/h9-48H,1-8H3/b19-11+,20-12+,21-13+,22-14+. The molecule has 2 heteroatoms. The van der Waals surface area contributed by atoms with Crippen molar-refractivity contribution in [2.45, 2.75) is 66.2 Å². The van der Waals surface area contributed by atoms with Crippen molar-refractivity contribution in [3.63, 3.8) is 0 Å². The third-order valence-electron chi connectivity index (χ3n) is 12.5. The fraction of sp³-hybridized carbons (Fsp3) is 0.152. The summed E-state index contributed by atoms with van der Waals surface area (Å²) in [4.78, 5) is 4.70. The Morgan fingerprint density at radius 3 is 0.809 bits per heavy atom. The predicted octanol–water partition coefficient (Wildman–Crippen LogP) is 19.0. The Balaban J connectivity index is 0.983. The van der Waals surface area contributed by atoms with Crippen LogP contribution in [0.5, 0.6) is 0 Å². The van der Waals surface area contributed by atoms with Gasteiger partial charge in [0.15, 0.2) is 0 Å². The van der Waals surface area contributed by atoms with Gasteiger partial charge in [0.25, 0.3) is 0 Å². The number of anilines is 6. The molecule has 0 amide bonds. The van der Waals surface area contributed by atoms with Crippen LogP contribution in [0.2, 0.25) is 0 Å². The number of aryl methyl sites for hydroxylation is 2. The first-order chi connectivity index (χ1) is 32.8. The van der Waals surface area contributed by atoms with Crippen LogP contribution in [0.4, 0.5) is 34.1 Å². The van der Waals surface area contributed by atoms with Gasteiger partial charge in [0.2, 0.25) is 0 Å². The lowest BCUT2D eigenvalue weighted by atomic mass is 9.87. The van der Waals surface area contributed by atoms with Gasteiger partial charge in [-0.1, -0.05) is 224 Å². The Labute approximate surface area is 406 Å². The zero-order valence-corrected chi connectivity index (χ0v) is 41.0. The highest BCUT2D eigenvalue weighted by Gasteiger charge is 2.18. The summed E-state index contributed by atoms with van der Waals surface area (Å²) < 4.78 is 0. The molecule has 0 saturated heterocycles. The van der Waals surface area contributed by atoms with E-state index in [0.29, 0.717) is 0 Å². The zero-order chi connectivity index (χ0) is 47.7. The molecule has 0 aliphatic heterocycles. The van der Waals surface area contributed by atoms with Crippen LogP contribution in [0.3, 0.4) is 0 Å². The summed E-state index contributed by atoms with van der Waals surface area (Å²) in [5, 5.41) is 0. The van der Waals surface area contributed by atoms with Crippen LogP contribution in [0.25, 0.3) is 35.4 Å². The molecular formula is C66H64N2. The largest absolute Gasteiger partial charge is 0.310 e. The molecule has 8 aromatic carbocycles. The molecule has 2 nitrogen and oxygen atoms in total. The number of rotatable bonds is 13. The molecule has 0 atom stereocenters. The summed E-state index contributed by atoms with van der Waals surface area (Å²) in [6.45, 7) is 17.8. The normalized spacial score (nSPS) is 12.2. The van der Waals surface area contributed by atoms with Crippen molar-refractivity contribution in [3.05, 3.63) is 263 Å². The third-order valence-corrected chi connectivity index (χ3v) is 12.5. The van der Waals surface area contributed by atoms with Gasteiger partial charge in [0, 0.05) is 34.1 Å². The maximum atomic E-state index is 2.35. The van der Waals surface area contributed by atoms with E-state index in [1.165, 1.54) is 44.5 Å². The summed E-state index contributed by atoms with van der Waals surface area (Å²) in [5.74, 6) is 0. The second kappa shape index (κ2) is 20.9. The first-order valence-electron chi connectivity index (χ1n) is 23.8. The molecule has 8 rings (SSSR count). The molecule has 0 unspecified atom stereocenters. The van der Waals surface area contributed by atoms with Gasteiger partial charge in [-0.25, -0.2) is 0 Å². The Kier molecular flexibility index (Phi) is 14.4. The highest BCUT2D eigenvalue weighted by molar-refractivity contribution is 5.83. The van der Waals surface area contributed by atoms with E-state index in [9.17, 15) is 0 Å². The summed E-state index contributed by atoms with van der Waals surface area (Å²) in [6, 6.07) is 70.4. The second-order valence-electron chi connectivity index (χ2n) is 19.7. The molecule has 0 aliphatic carbocycles. The van der Waals surface area contributed by atoms with Gasteiger partial charge >= 0.3 is 0 Å². The van der Waals surface area contributed by atoms with Gasteiger partial charge < -0.3 is 9.80 Å². The molecule has 0 bridgehead atoms. The number of benzene rings is 8. The van der Waals surface area contributed by atoms with Crippen LogP contribution in [0.1, 0.15) is 86.1 Å². The minimum atomic E-state index is 0.153. The Morgan fingerprint density at radius 2 is 0.544 bits per heavy atom. The van der Waals surface area contributed by atoms with E-state index >= 15 is 0 Å². The first-order valence-corrected chi connectivity index (χ1v) is 23.8. The molecule has 338 valence electrons. The van der Waals surface area contributed by atoms with Crippen molar-refractivity contribution >= 4 is 58.4 Å². The highest BCUT2D eigenvalue weighted by atomic mass is 15.1. The topological polar surface area (TPSA) is 6.48 Å². The van der Waals surface area contributed by atoms with Gasteiger partial charge in [0.1, 0.15) is 0 Å². The lowest BCUT2D eigenvalue weighted by Crippen LogP contribution is -2.11. The monoisotopic (exact) mass is 885 g/mol.